The summed E-state index contributed by atoms with van der Waals surface area (Å²) in [5, 5.41) is 0. The highest BCUT2D eigenvalue weighted by atomic mass is 16.6. The van der Waals surface area contributed by atoms with Gasteiger partial charge in [0.2, 0.25) is 6.10 Å². The van der Waals surface area contributed by atoms with Crippen LogP contribution in [0.15, 0.2) is 0 Å². The summed E-state index contributed by atoms with van der Waals surface area (Å²) >= 11 is 0. The molecule has 1 fully saturated rings. The standard InChI is InChI=1S/C10H14O6/c1-6(2)9(12)15-5-8(11)16-7-3-4-14-10(7)13/h6-7H,3-5H2,1-2H3. The maximum atomic E-state index is 11.2. The van der Waals surface area contributed by atoms with Gasteiger partial charge in [-0.05, 0) is 0 Å². The van der Waals surface area contributed by atoms with Crippen LogP contribution in [0.3, 0.4) is 0 Å². The Morgan fingerprint density at radius 3 is 2.69 bits per heavy atom. The quantitative estimate of drug-likeness (QED) is 0.501. The van der Waals surface area contributed by atoms with E-state index in [4.69, 9.17) is 4.74 Å². The fourth-order valence-electron chi connectivity index (χ4n) is 1.07. The number of ether oxygens (including phenoxy) is 3. The van der Waals surface area contributed by atoms with Gasteiger partial charge in [0.1, 0.15) is 0 Å². The predicted molar refractivity (Wildman–Crippen MR) is 51.3 cm³/mol. The summed E-state index contributed by atoms with van der Waals surface area (Å²) in [4.78, 5) is 33.1. The van der Waals surface area contributed by atoms with Crippen LogP contribution in [0.2, 0.25) is 0 Å². The van der Waals surface area contributed by atoms with Crippen molar-refractivity contribution in [2.24, 2.45) is 5.92 Å². The summed E-state index contributed by atoms with van der Waals surface area (Å²) in [6.45, 7) is 3.09. The maximum absolute atomic E-state index is 11.2. The number of esters is 3. The van der Waals surface area contributed by atoms with Crippen molar-refractivity contribution in [2.45, 2.75) is 26.4 Å². The van der Waals surface area contributed by atoms with Crippen LogP contribution in [0, 0.1) is 5.92 Å². The van der Waals surface area contributed by atoms with Crippen molar-refractivity contribution in [1.29, 1.82) is 0 Å². The summed E-state index contributed by atoms with van der Waals surface area (Å²) < 4.78 is 14.0. The third-order valence-electron chi connectivity index (χ3n) is 1.96. The first kappa shape index (κ1) is 12.5. The van der Waals surface area contributed by atoms with Crippen molar-refractivity contribution in [3.8, 4) is 0 Å². The Hall–Kier alpha value is -1.59. The molecule has 6 heteroatoms. The molecule has 0 spiro atoms. The summed E-state index contributed by atoms with van der Waals surface area (Å²) in [7, 11) is 0. The van der Waals surface area contributed by atoms with Gasteiger partial charge in [-0.2, -0.15) is 0 Å². The van der Waals surface area contributed by atoms with E-state index in [1.807, 2.05) is 0 Å². The van der Waals surface area contributed by atoms with Gasteiger partial charge in [-0.25, -0.2) is 9.59 Å². The maximum Gasteiger partial charge on any atom is 0.347 e. The Bertz CT molecular complexity index is 296. The van der Waals surface area contributed by atoms with Gasteiger partial charge in [-0.3, -0.25) is 4.79 Å². The predicted octanol–water partition coefficient (Wildman–Crippen LogP) is 0.0443. The third-order valence-corrected chi connectivity index (χ3v) is 1.96. The van der Waals surface area contributed by atoms with Crippen LogP contribution in [-0.2, 0) is 28.6 Å². The van der Waals surface area contributed by atoms with Gasteiger partial charge in [0, 0.05) is 6.42 Å². The Morgan fingerprint density at radius 1 is 1.50 bits per heavy atom. The van der Waals surface area contributed by atoms with Gasteiger partial charge >= 0.3 is 17.9 Å². The van der Waals surface area contributed by atoms with Crippen molar-refractivity contribution >= 4 is 17.9 Å². The number of carbonyl (C=O) groups is 3. The zero-order valence-corrected chi connectivity index (χ0v) is 9.23. The van der Waals surface area contributed by atoms with Gasteiger partial charge in [-0.15, -0.1) is 0 Å². The van der Waals surface area contributed by atoms with E-state index in [1.54, 1.807) is 13.8 Å². The Labute approximate surface area is 92.8 Å². The summed E-state index contributed by atoms with van der Waals surface area (Å²) in [6, 6.07) is 0. The second-order valence-corrected chi connectivity index (χ2v) is 3.70. The minimum absolute atomic E-state index is 0.253. The fraction of sp³-hybridized carbons (Fsp3) is 0.700. The van der Waals surface area contributed by atoms with E-state index in [9.17, 15) is 14.4 Å². The lowest BCUT2D eigenvalue weighted by molar-refractivity contribution is -0.168. The van der Waals surface area contributed by atoms with E-state index < -0.39 is 30.6 Å². The molecule has 1 aliphatic rings. The molecule has 6 nitrogen and oxygen atoms in total. The van der Waals surface area contributed by atoms with Gasteiger partial charge in [0.25, 0.3) is 0 Å². The molecule has 1 saturated heterocycles. The Kier molecular flexibility index (Phi) is 4.28. The molecule has 0 aromatic carbocycles. The molecule has 90 valence electrons. The first-order valence-corrected chi connectivity index (χ1v) is 5.03. The molecule has 1 unspecified atom stereocenters. The molecule has 1 heterocycles. The minimum atomic E-state index is -0.856. The van der Waals surface area contributed by atoms with Crippen LogP contribution in [0.5, 0.6) is 0 Å². The van der Waals surface area contributed by atoms with Gasteiger partial charge in [0.15, 0.2) is 6.61 Å². The van der Waals surface area contributed by atoms with Gasteiger partial charge in [-0.1, -0.05) is 13.8 Å². The van der Waals surface area contributed by atoms with Crippen LogP contribution in [0.4, 0.5) is 0 Å². The highest BCUT2D eigenvalue weighted by Crippen LogP contribution is 2.10. The van der Waals surface area contributed by atoms with Crippen LogP contribution in [0.25, 0.3) is 0 Å². The van der Waals surface area contributed by atoms with Crippen LogP contribution in [-0.4, -0.2) is 37.2 Å². The largest absolute Gasteiger partial charge is 0.463 e. The summed E-state index contributed by atoms with van der Waals surface area (Å²) in [5.74, 6) is -2.07. The molecule has 0 aliphatic carbocycles. The van der Waals surface area contributed by atoms with Crippen LogP contribution >= 0.6 is 0 Å². The molecule has 16 heavy (non-hydrogen) atoms. The van der Waals surface area contributed by atoms with Crippen molar-refractivity contribution in [2.75, 3.05) is 13.2 Å². The Balaban J connectivity index is 2.26. The van der Waals surface area contributed by atoms with Crippen molar-refractivity contribution in [3.05, 3.63) is 0 Å². The van der Waals surface area contributed by atoms with Gasteiger partial charge in [0.05, 0.1) is 12.5 Å². The third kappa shape index (κ3) is 3.52. The number of hydrogen-bond donors (Lipinski definition) is 0. The summed E-state index contributed by atoms with van der Waals surface area (Å²) in [6.07, 6.45) is -0.506. The molecule has 0 N–H and O–H groups in total. The molecular formula is C10H14O6. The average molecular weight is 230 g/mol. The normalized spacial score (nSPS) is 19.4. The molecule has 1 atom stereocenters. The monoisotopic (exact) mass is 230 g/mol. The van der Waals surface area contributed by atoms with Gasteiger partial charge < -0.3 is 14.2 Å². The Morgan fingerprint density at radius 2 is 2.19 bits per heavy atom. The van der Waals surface area contributed by atoms with E-state index >= 15 is 0 Å². The molecule has 0 saturated carbocycles. The molecule has 0 aromatic heterocycles. The average Bonchev–Trinajstić information content (AvgIpc) is 2.60. The zero-order valence-electron chi connectivity index (χ0n) is 9.23. The zero-order chi connectivity index (χ0) is 12.1. The van der Waals surface area contributed by atoms with E-state index in [2.05, 4.69) is 9.47 Å². The number of hydrogen-bond acceptors (Lipinski definition) is 6. The highest BCUT2D eigenvalue weighted by Gasteiger charge is 2.30. The molecular weight excluding hydrogens is 216 g/mol. The van der Waals surface area contributed by atoms with Crippen molar-refractivity contribution < 1.29 is 28.6 Å². The van der Waals surface area contributed by atoms with Crippen LogP contribution < -0.4 is 0 Å². The molecule has 0 aromatic rings. The highest BCUT2D eigenvalue weighted by molar-refractivity contribution is 5.82. The smallest absolute Gasteiger partial charge is 0.347 e. The molecule has 0 radical (unpaired) electrons. The number of rotatable bonds is 4. The molecule has 1 rings (SSSR count). The topological polar surface area (TPSA) is 78.9 Å². The minimum Gasteiger partial charge on any atom is -0.463 e. The molecule has 0 amide bonds. The molecule has 1 aliphatic heterocycles. The van der Waals surface area contributed by atoms with E-state index in [0.717, 1.165) is 0 Å². The first-order chi connectivity index (χ1) is 7.50. The number of carbonyl (C=O) groups excluding carboxylic acids is 3. The van der Waals surface area contributed by atoms with E-state index in [0.29, 0.717) is 6.42 Å². The number of cyclic esters (lactones) is 1. The van der Waals surface area contributed by atoms with Crippen LogP contribution in [0.1, 0.15) is 20.3 Å². The van der Waals surface area contributed by atoms with E-state index in [-0.39, 0.29) is 12.5 Å². The molecule has 0 bridgehead atoms. The lowest BCUT2D eigenvalue weighted by atomic mass is 10.2. The lowest BCUT2D eigenvalue weighted by Crippen LogP contribution is -2.26. The lowest BCUT2D eigenvalue weighted by Gasteiger charge is -2.09. The second kappa shape index (κ2) is 5.48. The second-order valence-electron chi connectivity index (χ2n) is 3.70. The van der Waals surface area contributed by atoms with Crippen molar-refractivity contribution in [3.63, 3.8) is 0 Å². The fourth-order valence-corrected chi connectivity index (χ4v) is 1.07. The van der Waals surface area contributed by atoms with Crippen molar-refractivity contribution in [1.82, 2.24) is 0 Å². The SMILES string of the molecule is CC(C)C(=O)OCC(=O)OC1CCOC1=O. The first-order valence-electron chi connectivity index (χ1n) is 5.03. The summed E-state index contributed by atoms with van der Waals surface area (Å²) in [5.41, 5.74) is 0. The van der Waals surface area contributed by atoms with E-state index in [1.165, 1.54) is 0 Å².